The number of hydrogen-bond acceptors (Lipinski definition) is 6. The molecule has 154 valence electrons. The molecule has 1 aromatic carbocycles. The molecule has 6 nitrogen and oxygen atoms in total. The number of nitrogens with zero attached hydrogens (tertiary/aromatic N) is 3. The number of fused-ring (bicyclic) bond motifs is 1. The Kier molecular flexibility index (Phi) is 5.53. The minimum absolute atomic E-state index is 0.101. The summed E-state index contributed by atoms with van der Waals surface area (Å²) in [5, 5.41) is 5.83. The molecule has 0 atom stereocenters. The van der Waals surface area contributed by atoms with Crippen molar-refractivity contribution in [1.29, 1.82) is 0 Å². The van der Waals surface area contributed by atoms with Crippen molar-refractivity contribution in [3.05, 3.63) is 61.8 Å². The zero-order valence-electron chi connectivity index (χ0n) is 17.3. The number of aryl methyl sites for hydroxylation is 4. The largest absolute Gasteiger partial charge is 0.300 e. The van der Waals surface area contributed by atoms with Gasteiger partial charge in [0.25, 0.3) is 5.56 Å². The standard InChI is InChI=1S/C22H22N4O2S2/c1-5-15-8-16-20(30-15)23-11-26(21(16)28)9-18(27)25-22-24-17(10-29-22)19-13(3)6-12(2)7-14(19)4/h6-8,10-11H,5,9H2,1-4H3,(H,24,25,27). The van der Waals surface area contributed by atoms with Crippen LogP contribution in [-0.4, -0.2) is 20.4 Å². The zero-order chi connectivity index (χ0) is 21.4. The lowest BCUT2D eigenvalue weighted by molar-refractivity contribution is -0.116. The summed E-state index contributed by atoms with van der Waals surface area (Å²) in [6, 6.07) is 6.12. The second-order valence-electron chi connectivity index (χ2n) is 7.32. The lowest BCUT2D eigenvalue weighted by atomic mass is 9.98. The summed E-state index contributed by atoms with van der Waals surface area (Å²) in [6.07, 6.45) is 2.29. The molecule has 0 aliphatic rings. The van der Waals surface area contributed by atoms with Crippen LogP contribution in [0.4, 0.5) is 5.13 Å². The number of benzene rings is 1. The van der Waals surface area contributed by atoms with Gasteiger partial charge in [0.15, 0.2) is 5.13 Å². The number of carbonyl (C=O) groups is 1. The highest BCUT2D eigenvalue weighted by atomic mass is 32.1. The molecule has 0 saturated heterocycles. The van der Waals surface area contributed by atoms with Crippen molar-refractivity contribution in [3.8, 4) is 11.3 Å². The quantitative estimate of drug-likeness (QED) is 0.490. The van der Waals surface area contributed by atoms with Crippen LogP contribution in [0.25, 0.3) is 21.5 Å². The number of carbonyl (C=O) groups excluding carboxylic acids is 1. The summed E-state index contributed by atoms with van der Waals surface area (Å²) >= 11 is 2.89. The van der Waals surface area contributed by atoms with Crippen LogP contribution in [0.15, 0.2) is 34.7 Å². The van der Waals surface area contributed by atoms with E-state index in [1.165, 1.54) is 39.1 Å². The molecule has 4 aromatic rings. The van der Waals surface area contributed by atoms with Gasteiger partial charge in [0.1, 0.15) is 11.4 Å². The van der Waals surface area contributed by atoms with E-state index < -0.39 is 0 Å². The minimum atomic E-state index is -0.303. The molecule has 4 rings (SSSR count). The van der Waals surface area contributed by atoms with E-state index in [4.69, 9.17) is 0 Å². The Morgan fingerprint density at radius 2 is 1.90 bits per heavy atom. The van der Waals surface area contributed by atoms with Gasteiger partial charge in [0.05, 0.1) is 17.4 Å². The number of aromatic nitrogens is 3. The maximum atomic E-state index is 12.7. The monoisotopic (exact) mass is 438 g/mol. The van der Waals surface area contributed by atoms with Gasteiger partial charge in [-0.1, -0.05) is 24.6 Å². The zero-order valence-corrected chi connectivity index (χ0v) is 18.9. The van der Waals surface area contributed by atoms with Crippen LogP contribution in [-0.2, 0) is 17.8 Å². The van der Waals surface area contributed by atoms with Gasteiger partial charge in [-0.15, -0.1) is 22.7 Å². The van der Waals surface area contributed by atoms with E-state index in [0.717, 1.165) is 33.7 Å². The number of thiazole rings is 1. The highest BCUT2D eigenvalue weighted by Gasteiger charge is 2.14. The van der Waals surface area contributed by atoms with Crippen LogP contribution in [0.1, 0.15) is 28.5 Å². The molecule has 1 amide bonds. The van der Waals surface area contributed by atoms with E-state index in [2.05, 4.69) is 48.2 Å². The van der Waals surface area contributed by atoms with E-state index in [1.807, 2.05) is 18.4 Å². The molecule has 0 unspecified atom stereocenters. The first kappa shape index (κ1) is 20.4. The smallest absolute Gasteiger partial charge is 0.262 e. The highest BCUT2D eigenvalue weighted by molar-refractivity contribution is 7.18. The van der Waals surface area contributed by atoms with Crippen LogP contribution < -0.4 is 10.9 Å². The molecule has 3 heterocycles. The first-order valence-corrected chi connectivity index (χ1v) is 11.4. The maximum Gasteiger partial charge on any atom is 0.262 e. The molecule has 0 radical (unpaired) electrons. The fraction of sp³-hybridized carbons (Fsp3) is 0.273. The molecule has 8 heteroatoms. The predicted octanol–water partition coefficient (Wildman–Crippen LogP) is 4.71. The molecule has 0 aliphatic heterocycles. The number of anilines is 1. The van der Waals surface area contributed by atoms with Gasteiger partial charge in [-0.3, -0.25) is 14.2 Å². The predicted molar refractivity (Wildman–Crippen MR) is 124 cm³/mol. The number of rotatable bonds is 5. The van der Waals surface area contributed by atoms with Gasteiger partial charge in [-0.05, 0) is 44.4 Å². The van der Waals surface area contributed by atoms with E-state index >= 15 is 0 Å². The van der Waals surface area contributed by atoms with Crippen LogP contribution >= 0.6 is 22.7 Å². The highest BCUT2D eigenvalue weighted by Crippen LogP contribution is 2.31. The van der Waals surface area contributed by atoms with Crippen molar-refractivity contribution in [2.24, 2.45) is 0 Å². The van der Waals surface area contributed by atoms with Gasteiger partial charge in [0.2, 0.25) is 5.91 Å². The summed E-state index contributed by atoms with van der Waals surface area (Å²) in [7, 11) is 0. The van der Waals surface area contributed by atoms with Crippen molar-refractivity contribution in [3.63, 3.8) is 0 Å². The van der Waals surface area contributed by atoms with Crippen molar-refractivity contribution in [2.45, 2.75) is 40.7 Å². The van der Waals surface area contributed by atoms with Crippen LogP contribution in [0.3, 0.4) is 0 Å². The van der Waals surface area contributed by atoms with Crippen LogP contribution in [0, 0.1) is 20.8 Å². The Morgan fingerprint density at radius 3 is 2.60 bits per heavy atom. The van der Waals surface area contributed by atoms with Gasteiger partial charge >= 0.3 is 0 Å². The molecule has 30 heavy (non-hydrogen) atoms. The number of amides is 1. The summed E-state index contributed by atoms with van der Waals surface area (Å²) in [4.78, 5) is 35.9. The van der Waals surface area contributed by atoms with Crippen molar-refractivity contribution >= 4 is 43.9 Å². The average Bonchev–Trinajstić information content (AvgIpc) is 3.30. The van der Waals surface area contributed by atoms with Crippen LogP contribution in [0.2, 0.25) is 0 Å². The molecule has 3 aromatic heterocycles. The SMILES string of the molecule is CCc1cc2c(=O)n(CC(=O)Nc3nc(-c4c(C)cc(C)cc4C)cs3)cnc2s1. The van der Waals surface area contributed by atoms with E-state index in [1.54, 1.807) is 0 Å². The van der Waals surface area contributed by atoms with Gasteiger partial charge in [-0.25, -0.2) is 9.97 Å². The molecule has 1 N–H and O–H groups in total. The summed E-state index contributed by atoms with van der Waals surface area (Å²) in [5.41, 5.74) is 5.26. The molecule has 0 aliphatic carbocycles. The fourth-order valence-electron chi connectivity index (χ4n) is 3.64. The van der Waals surface area contributed by atoms with E-state index in [-0.39, 0.29) is 18.0 Å². The molecule has 0 spiro atoms. The number of nitrogens with one attached hydrogen (secondary N) is 1. The fourth-order valence-corrected chi connectivity index (χ4v) is 5.28. The molecular weight excluding hydrogens is 416 g/mol. The van der Waals surface area contributed by atoms with Gasteiger partial charge in [-0.2, -0.15) is 0 Å². The van der Waals surface area contributed by atoms with Crippen molar-refractivity contribution in [1.82, 2.24) is 14.5 Å². The summed E-state index contributed by atoms with van der Waals surface area (Å²) < 4.78 is 1.34. The third-order valence-corrected chi connectivity index (χ3v) is 6.86. The van der Waals surface area contributed by atoms with Crippen molar-refractivity contribution in [2.75, 3.05) is 5.32 Å². The Hall–Kier alpha value is -2.84. The number of thiophene rings is 1. The van der Waals surface area contributed by atoms with Crippen LogP contribution in [0.5, 0.6) is 0 Å². The topological polar surface area (TPSA) is 76.9 Å². The van der Waals surface area contributed by atoms with Gasteiger partial charge < -0.3 is 5.32 Å². The molecular formula is C22H22N4O2S2. The van der Waals surface area contributed by atoms with E-state index in [9.17, 15) is 9.59 Å². The lowest BCUT2D eigenvalue weighted by Crippen LogP contribution is -2.27. The Bertz CT molecular complexity index is 1290. The Labute approximate surface area is 182 Å². The van der Waals surface area contributed by atoms with Gasteiger partial charge in [0, 0.05) is 15.8 Å². The number of hydrogen-bond donors (Lipinski definition) is 1. The summed E-state index contributed by atoms with van der Waals surface area (Å²) in [6.45, 7) is 8.15. The normalized spacial score (nSPS) is 11.2. The van der Waals surface area contributed by atoms with Crippen molar-refractivity contribution < 1.29 is 4.79 Å². The third-order valence-electron chi connectivity index (χ3n) is 4.92. The second kappa shape index (κ2) is 8.12. The molecule has 0 saturated carbocycles. The Morgan fingerprint density at radius 1 is 1.17 bits per heavy atom. The second-order valence-corrected chi connectivity index (χ2v) is 9.30. The Balaban J connectivity index is 1.53. The van der Waals surface area contributed by atoms with E-state index in [0.29, 0.717) is 15.3 Å². The minimum Gasteiger partial charge on any atom is -0.300 e. The first-order chi connectivity index (χ1) is 14.4. The average molecular weight is 439 g/mol. The third kappa shape index (κ3) is 3.93. The molecule has 0 bridgehead atoms. The maximum absolute atomic E-state index is 12.7. The summed E-state index contributed by atoms with van der Waals surface area (Å²) in [5.74, 6) is -0.303. The molecule has 0 fully saturated rings. The lowest BCUT2D eigenvalue weighted by Gasteiger charge is -2.09. The first-order valence-electron chi connectivity index (χ1n) is 9.67.